The van der Waals surface area contributed by atoms with E-state index in [1.807, 2.05) is 40.7 Å². The second-order valence-corrected chi connectivity index (χ2v) is 13.6. The van der Waals surface area contributed by atoms with E-state index in [2.05, 4.69) is 6.08 Å². The van der Waals surface area contributed by atoms with Gasteiger partial charge < -0.3 is 29.6 Å². The van der Waals surface area contributed by atoms with E-state index < -0.39 is 56.9 Å². The number of hydrogen-bond donors (Lipinski definition) is 4. The van der Waals surface area contributed by atoms with Crippen LogP contribution in [0.15, 0.2) is 91.6 Å². The number of carbonyl (C=O) groups is 2. The highest BCUT2D eigenvalue weighted by Crippen LogP contribution is 2.54. The topological polar surface area (TPSA) is 154 Å². The van der Waals surface area contributed by atoms with Crippen molar-refractivity contribution in [2.24, 2.45) is 5.41 Å². The van der Waals surface area contributed by atoms with Gasteiger partial charge in [-0.15, -0.1) is 0 Å². The molecular formula is C38H44O9. The van der Waals surface area contributed by atoms with Crippen LogP contribution in [0.3, 0.4) is 0 Å². The number of aromatic hydroxyl groups is 3. The molecule has 9 heteroatoms. The summed E-state index contributed by atoms with van der Waals surface area (Å²) in [7, 11) is 0. The lowest BCUT2D eigenvalue weighted by Crippen LogP contribution is -2.50. The van der Waals surface area contributed by atoms with E-state index in [4.69, 9.17) is 9.15 Å². The third kappa shape index (κ3) is 7.14. The summed E-state index contributed by atoms with van der Waals surface area (Å²) in [6.45, 7) is 13.1. The van der Waals surface area contributed by atoms with Gasteiger partial charge in [0.25, 0.3) is 0 Å². The van der Waals surface area contributed by atoms with E-state index in [1.165, 1.54) is 17.7 Å². The van der Waals surface area contributed by atoms with Crippen LogP contribution in [-0.4, -0.2) is 37.6 Å². The third-order valence-corrected chi connectivity index (χ3v) is 8.67. The van der Waals surface area contributed by atoms with Crippen LogP contribution in [0.1, 0.15) is 97.8 Å². The van der Waals surface area contributed by atoms with E-state index in [1.54, 1.807) is 19.9 Å². The summed E-state index contributed by atoms with van der Waals surface area (Å²) in [6.07, 6.45) is 8.55. The van der Waals surface area contributed by atoms with Crippen LogP contribution in [0.2, 0.25) is 0 Å². The van der Waals surface area contributed by atoms with E-state index in [-0.39, 0.29) is 47.5 Å². The van der Waals surface area contributed by atoms with E-state index in [0.717, 1.165) is 36.0 Å². The van der Waals surface area contributed by atoms with Crippen molar-refractivity contribution in [2.75, 3.05) is 0 Å². The van der Waals surface area contributed by atoms with Gasteiger partial charge in [-0.2, -0.15) is 0 Å². The zero-order chi connectivity index (χ0) is 34.8. The van der Waals surface area contributed by atoms with Crippen molar-refractivity contribution < 1.29 is 39.2 Å². The van der Waals surface area contributed by atoms with Crippen LogP contribution in [0, 0.1) is 5.41 Å². The summed E-state index contributed by atoms with van der Waals surface area (Å²) in [6, 6.07) is 4.69. The first-order chi connectivity index (χ1) is 22.0. The Hall–Kier alpha value is -4.79. The van der Waals surface area contributed by atoms with Crippen molar-refractivity contribution in [3.8, 4) is 17.2 Å². The minimum Gasteiger partial charge on any atom is -0.506 e. The molecule has 2 aromatic rings. The number of aliphatic hydroxyl groups excluding tert-OH is 1. The summed E-state index contributed by atoms with van der Waals surface area (Å²) < 4.78 is 12.0. The monoisotopic (exact) mass is 644 g/mol. The number of ether oxygens (including phenoxy) is 1. The van der Waals surface area contributed by atoms with Crippen molar-refractivity contribution in [3.63, 3.8) is 0 Å². The maximum Gasteiger partial charge on any atom is 0.226 e. The molecule has 250 valence electrons. The molecule has 2 atom stereocenters. The highest BCUT2D eigenvalue weighted by Gasteiger charge is 2.57. The van der Waals surface area contributed by atoms with Gasteiger partial charge in [0.05, 0.1) is 17.8 Å². The van der Waals surface area contributed by atoms with Crippen molar-refractivity contribution in [2.45, 2.75) is 92.1 Å². The first-order valence-electron chi connectivity index (χ1n) is 15.7. The zero-order valence-corrected chi connectivity index (χ0v) is 28.1. The second-order valence-electron chi connectivity index (χ2n) is 13.6. The average Bonchev–Trinajstić information content (AvgIpc) is 2.98. The van der Waals surface area contributed by atoms with Crippen molar-refractivity contribution in [3.05, 3.63) is 104 Å². The summed E-state index contributed by atoms with van der Waals surface area (Å²) in [5.41, 5.74) is -0.721. The lowest BCUT2D eigenvalue weighted by atomic mass is 9.61. The van der Waals surface area contributed by atoms with Gasteiger partial charge in [0, 0.05) is 18.1 Å². The predicted molar refractivity (Wildman–Crippen MR) is 179 cm³/mol. The predicted octanol–water partition coefficient (Wildman–Crippen LogP) is 7.84. The Morgan fingerprint density at radius 2 is 1.55 bits per heavy atom. The molecule has 0 bridgehead atoms. The van der Waals surface area contributed by atoms with Gasteiger partial charge >= 0.3 is 0 Å². The van der Waals surface area contributed by atoms with Crippen LogP contribution < -0.4 is 5.43 Å². The molecule has 1 aliphatic heterocycles. The van der Waals surface area contributed by atoms with Gasteiger partial charge in [-0.25, -0.2) is 0 Å². The third-order valence-electron chi connectivity index (χ3n) is 8.67. The number of Topliss-reactive ketones (excluding diaryl/α,β-unsaturated/α-hetero) is 2. The molecular weight excluding hydrogens is 600 g/mol. The minimum atomic E-state index is -1.73. The molecule has 47 heavy (non-hydrogen) atoms. The van der Waals surface area contributed by atoms with Crippen LogP contribution in [0.4, 0.5) is 0 Å². The largest absolute Gasteiger partial charge is 0.506 e. The SMILES string of the molecule is CC(C)=CCC/C(C)=C/C[C@]1(CC=C(C)C)C(=O)C(=C(O)c2ccc(O)c(O)c2)C2=C(C1=O)[C@H](c1occc(=O)c1O)CC(C)(C)O2. The normalized spacial score (nSPS) is 21.9. The molecule has 0 saturated carbocycles. The number of rotatable bonds is 9. The zero-order valence-electron chi connectivity index (χ0n) is 28.1. The Kier molecular flexibility index (Phi) is 10.1. The molecule has 9 nitrogen and oxygen atoms in total. The summed E-state index contributed by atoms with van der Waals surface area (Å²) in [5.74, 6) is -4.73. The smallest absolute Gasteiger partial charge is 0.226 e. The number of phenolic OH excluding ortho intramolecular Hbond substituents is 2. The molecule has 2 heterocycles. The molecule has 1 aromatic carbocycles. The highest BCUT2D eigenvalue weighted by molar-refractivity contribution is 6.27. The fourth-order valence-electron chi connectivity index (χ4n) is 6.07. The van der Waals surface area contributed by atoms with Gasteiger partial charge in [0.1, 0.15) is 28.1 Å². The molecule has 2 aliphatic rings. The molecule has 0 unspecified atom stereocenters. The molecule has 4 N–H and O–H groups in total. The summed E-state index contributed by atoms with van der Waals surface area (Å²) in [4.78, 5) is 42.5. The molecule has 0 spiro atoms. The van der Waals surface area contributed by atoms with E-state index in [0.29, 0.717) is 6.42 Å². The Labute approximate surface area is 274 Å². The Balaban J connectivity index is 2.08. The van der Waals surface area contributed by atoms with Gasteiger partial charge in [0.15, 0.2) is 28.8 Å². The molecule has 1 aliphatic carbocycles. The number of hydrogen-bond acceptors (Lipinski definition) is 9. The molecule has 4 rings (SSSR count). The van der Waals surface area contributed by atoms with Crippen LogP contribution in [0.5, 0.6) is 17.2 Å². The number of benzene rings is 1. The van der Waals surface area contributed by atoms with Gasteiger partial charge in [-0.1, -0.05) is 34.9 Å². The number of phenols is 2. The summed E-state index contributed by atoms with van der Waals surface area (Å²) >= 11 is 0. The minimum absolute atomic E-state index is 0.0000279. The fraction of sp³-hybridized carbons (Fsp3) is 0.395. The first kappa shape index (κ1) is 35.1. The van der Waals surface area contributed by atoms with Crippen LogP contribution >= 0.6 is 0 Å². The highest BCUT2D eigenvalue weighted by atomic mass is 16.5. The quantitative estimate of drug-likeness (QED) is 0.0702. The second kappa shape index (κ2) is 13.5. The van der Waals surface area contributed by atoms with Crippen molar-refractivity contribution in [1.82, 2.24) is 0 Å². The Morgan fingerprint density at radius 1 is 0.894 bits per heavy atom. The van der Waals surface area contributed by atoms with Crippen LogP contribution in [-0.2, 0) is 14.3 Å². The molecule has 1 aromatic heterocycles. The standard InChI is InChI=1S/C38H44O9/c1-21(2)9-8-10-23(5)14-17-38(16-13-22(3)4)35(44)29-25(33-32(43)27(40)15-18-46-33)20-37(6,7)47-34(29)30(36(38)45)31(42)24-11-12-26(39)28(41)19-24/h9,11-15,18-19,25,39,41-43H,8,10,16-17,20H2,1-7H3/b23-14+,31-30?/t25-,38+/m1/s1. The van der Waals surface area contributed by atoms with Gasteiger partial charge in [0.2, 0.25) is 11.2 Å². The van der Waals surface area contributed by atoms with Gasteiger partial charge in [-0.3, -0.25) is 14.4 Å². The van der Waals surface area contributed by atoms with E-state index >= 15 is 4.79 Å². The van der Waals surface area contributed by atoms with Crippen LogP contribution in [0.25, 0.3) is 5.76 Å². The number of ketones is 2. The number of aliphatic hydroxyl groups is 1. The lowest BCUT2D eigenvalue weighted by Gasteiger charge is -2.45. The van der Waals surface area contributed by atoms with Crippen molar-refractivity contribution in [1.29, 1.82) is 0 Å². The number of allylic oxidation sites excluding steroid dienone is 8. The molecule has 0 saturated heterocycles. The van der Waals surface area contributed by atoms with Crippen molar-refractivity contribution >= 4 is 17.3 Å². The first-order valence-corrected chi connectivity index (χ1v) is 15.7. The number of carbonyl (C=O) groups excluding carboxylic acids is 2. The fourth-order valence-corrected chi connectivity index (χ4v) is 6.07. The lowest BCUT2D eigenvalue weighted by molar-refractivity contribution is -0.139. The molecule has 0 radical (unpaired) electrons. The maximum absolute atomic E-state index is 15.0. The van der Waals surface area contributed by atoms with E-state index in [9.17, 15) is 30.0 Å². The maximum atomic E-state index is 15.0. The molecule has 0 amide bonds. The molecule has 0 fully saturated rings. The average molecular weight is 645 g/mol. The summed E-state index contributed by atoms with van der Waals surface area (Å²) in [5, 5.41) is 42.9. The Bertz CT molecular complexity index is 1800. The van der Waals surface area contributed by atoms with Gasteiger partial charge in [-0.05, 0) is 92.3 Å². The Morgan fingerprint density at radius 3 is 2.19 bits per heavy atom.